The number of rotatable bonds is 7. The van der Waals surface area contributed by atoms with E-state index < -0.39 is 28.2 Å². The van der Waals surface area contributed by atoms with E-state index in [0.29, 0.717) is 38.0 Å². The van der Waals surface area contributed by atoms with Crippen LogP contribution < -0.4 is 29.6 Å². The first-order chi connectivity index (χ1) is 16.1. The van der Waals surface area contributed by atoms with E-state index in [9.17, 15) is 28.0 Å². The van der Waals surface area contributed by atoms with Crippen LogP contribution in [0.1, 0.15) is 92.4 Å². The summed E-state index contributed by atoms with van der Waals surface area (Å²) in [4.78, 5) is 12.6. The van der Waals surface area contributed by atoms with Crippen molar-refractivity contribution in [3.8, 4) is 0 Å². The largest absolute Gasteiger partial charge is 1.00 e. The number of aliphatic hydroxyl groups excluding tert-OH is 1. The molecule has 0 unspecified atom stereocenters. The molecule has 0 aromatic rings. The molecule has 0 aliphatic heterocycles. The monoisotopic (exact) mass is 534 g/mol. The molecule has 7 nitrogen and oxygen atoms in total. The molecule has 0 heterocycles. The molecule has 36 heavy (non-hydrogen) atoms. The molecule has 4 rings (SSSR count). The van der Waals surface area contributed by atoms with Gasteiger partial charge in [0, 0.05) is 12.8 Å². The molecule has 3 fully saturated rings. The molecule has 2 N–H and O–H groups in total. The van der Waals surface area contributed by atoms with Crippen LogP contribution >= 0.6 is 0 Å². The van der Waals surface area contributed by atoms with Crippen molar-refractivity contribution in [2.24, 2.45) is 40.4 Å². The fourth-order valence-electron chi connectivity index (χ4n) is 8.86. The van der Waals surface area contributed by atoms with E-state index in [0.717, 1.165) is 19.3 Å². The fraction of sp³-hybridized carbons (Fsp3) is 0.889. The van der Waals surface area contributed by atoms with Crippen molar-refractivity contribution in [2.45, 2.75) is 110 Å². The zero-order valence-electron chi connectivity index (χ0n) is 22.8. The molecule has 0 amide bonds. The van der Waals surface area contributed by atoms with Crippen LogP contribution in [0.25, 0.3) is 0 Å². The average molecular weight is 535 g/mol. The van der Waals surface area contributed by atoms with Crippen molar-refractivity contribution in [3.63, 3.8) is 0 Å². The molecule has 9 atom stereocenters. The summed E-state index contributed by atoms with van der Waals surface area (Å²) in [5, 5.41) is 22.8. The molecule has 4 aliphatic carbocycles. The van der Waals surface area contributed by atoms with Crippen LogP contribution in [0.3, 0.4) is 0 Å². The van der Waals surface area contributed by atoms with Crippen molar-refractivity contribution >= 4 is 16.2 Å². The van der Waals surface area contributed by atoms with Crippen LogP contribution in [0.2, 0.25) is 0 Å². The maximum atomic E-state index is 12.6. The van der Waals surface area contributed by atoms with E-state index in [4.69, 9.17) is 4.18 Å². The van der Waals surface area contributed by atoms with Crippen LogP contribution in [-0.2, 0) is 19.4 Å². The second-order valence-corrected chi connectivity index (χ2v) is 14.1. The zero-order chi connectivity index (χ0) is 26.0. The van der Waals surface area contributed by atoms with Crippen molar-refractivity contribution in [1.29, 1.82) is 0 Å². The summed E-state index contributed by atoms with van der Waals surface area (Å²) in [5.41, 5.74) is -0.103. The molecule has 0 aromatic heterocycles. The Morgan fingerprint density at radius 3 is 2.50 bits per heavy atom. The Morgan fingerprint density at radius 2 is 1.89 bits per heavy atom. The SMILES string of the molecule is CC(C)CC(=O)C[C@](C)(O)[C@H]1CC[C@H]2[C@@H]3C[C@H](O)[C@H]4C[C@@H](OS(=O)(=O)[O-])CC[C@]4(C)C3=CC[C@@]21C.[Na+]. The Labute approximate surface area is 239 Å². The third-order valence-corrected chi connectivity index (χ3v) is 10.7. The predicted octanol–water partition coefficient (Wildman–Crippen LogP) is 1.14. The standard InChI is InChI=1S/C27H44O7S.Na/c1-16(2)12-17(28)15-27(5,30)24-7-6-20-19-14-23(29)22-13-18(34-35(31,32)33)8-10-25(22,3)21(19)9-11-26(20,24)4;/h9,16,18-20,22-24,29-30H,6-8,10-15H2,1-5H3,(H,31,32,33);/q;+1/p-1/t18-,19-,20-,22+,23-,24-,25+,26-,27-;/m0./s1. The number of carbonyl (C=O) groups is 1. The molecule has 0 bridgehead atoms. The topological polar surface area (TPSA) is 124 Å². The third-order valence-electron chi connectivity index (χ3n) is 10.2. The summed E-state index contributed by atoms with van der Waals surface area (Å²) >= 11 is 0. The minimum atomic E-state index is -4.77. The van der Waals surface area contributed by atoms with Gasteiger partial charge in [-0.3, -0.25) is 8.98 Å². The number of Topliss-reactive ketones (excluding diaryl/α,β-unsaturated/α-hetero) is 1. The third kappa shape index (κ3) is 5.72. The quantitative estimate of drug-likeness (QED) is 0.217. The van der Waals surface area contributed by atoms with E-state index >= 15 is 0 Å². The van der Waals surface area contributed by atoms with Crippen molar-refractivity contribution < 1.29 is 61.7 Å². The molecule has 0 aromatic carbocycles. The second-order valence-electron chi connectivity index (χ2n) is 13.1. The second kappa shape index (κ2) is 10.6. The Bertz CT molecular complexity index is 977. The number of fused-ring (bicyclic) bond motifs is 5. The van der Waals surface area contributed by atoms with Crippen molar-refractivity contribution in [2.75, 3.05) is 0 Å². The summed E-state index contributed by atoms with van der Waals surface area (Å²) in [6, 6.07) is 0. The predicted molar refractivity (Wildman–Crippen MR) is 131 cm³/mol. The molecule has 3 saturated carbocycles. The van der Waals surface area contributed by atoms with Gasteiger partial charge in [-0.2, -0.15) is 0 Å². The van der Waals surface area contributed by atoms with Gasteiger partial charge in [-0.15, -0.1) is 0 Å². The number of hydrogen-bond donors (Lipinski definition) is 2. The molecular weight excluding hydrogens is 491 g/mol. The Morgan fingerprint density at radius 1 is 1.22 bits per heavy atom. The summed E-state index contributed by atoms with van der Waals surface area (Å²) in [6.45, 7) is 10.3. The number of aliphatic hydroxyl groups is 2. The van der Waals surface area contributed by atoms with Crippen LogP contribution in [0, 0.1) is 40.4 Å². The molecular formula is C27H43NaO7S. The van der Waals surface area contributed by atoms with Gasteiger partial charge in [0.1, 0.15) is 5.78 Å². The van der Waals surface area contributed by atoms with Gasteiger partial charge in [0.25, 0.3) is 0 Å². The molecule has 0 saturated heterocycles. The average Bonchev–Trinajstić information content (AvgIpc) is 3.05. The van der Waals surface area contributed by atoms with E-state index in [1.165, 1.54) is 5.57 Å². The van der Waals surface area contributed by atoms with Gasteiger partial charge >= 0.3 is 29.6 Å². The summed E-state index contributed by atoms with van der Waals surface area (Å²) < 4.78 is 38.2. The molecule has 4 aliphatic rings. The Hall–Kier alpha value is 0.200. The van der Waals surface area contributed by atoms with Crippen LogP contribution in [-0.4, -0.2) is 46.8 Å². The van der Waals surface area contributed by atoms with Crippen LogP contribution in [0.5, 0.6) is 0 Å². The number of allylic oxidation sites excluding steroid dienone is 2. The van der Waals surface area contributed by atoms with Crippen LogP contribution in [0.4, 0.5) is 0 Å². The normalized spacial score (nSPS) is 41.9. The zero-order valence-corrected chi connectivity index (χ0v) is 25.6. The van der Waals surface area contributed by atoms with E-state index in [1.54, 1.807) is 0 Å². The maximum Gasteiger partial charge on any atom is 1.00 e. The first-order valence-corrected chi connectivity index (χ1v) is 14.7. The number of hydrogen-bond acceptors (Lipinski definition) is 7. The summed E-state index contributed by atoms with van der Waals surface area (Å²) in [6.07, 6.45) is 6.50. The maximum absolute atomic E-state index is 12.6. The first-order valence-electron chi connectivity index (χ1n) is 13.3. The van der Waals surface area contributed by atoms with Crippen molar-refractivity contribution in [1.82, 2.24) is 0 Å². The fourth-order valence-corrected chi connectivity index (χ4v) is 9.37. The summed E-state index contributed by atoms with van der Waals surface area (Å²) in [5.74, 6) is 0.788. The molecule has 9 heteroatoms. The van der Waals surface area contributed by atoms with Gasteiger partial charge in [0.2, 0.25) is 10.4 Å². The summed E-state index contributed by atoms with van der Waals surface area (Å²) in [7, 11) is -4.77. The van der Waals surface area contributed by atoms with Gasteiger partial charge in [0.15, 0.2) is 0 Å². The molecule has 0 spiro atoms. The minimum absolute atomic E-state index is 0. The minimum Gasteiger partial charge on any atom is -0.726 e. The van der Waals surface area contributed by atoms with Crippen LogP contribution in [0.15, 0.2) is 11.6 Å². The van der Waals surface area contributed by atoms with E-state index in [1.807, 2.05) is 20.8 Å². The number of carbonyl (C=O) groups excluding carboxylic acids is 1. The van der Waals surface area contributed by atoms with Crippen molar-refractivity contribution in [3.05, 3.63) is 11.6 Å². The van der Waals surface area contributed by atoms with Gasteiger partial charge in [-0.1, -0.05) is 39.3 Å². The van der Waals surface area contributed by atoms with E-state index in [2.05, 4.69) is 19.9 Å². The molecule has 200 valence electrons. The van der Waals surface area contributed by atoms with Gasteiger partial charge in [-0.05, 0) is 92.3 Å². The first kappa shape index (κ1) is 30.7. The Balaban J connectivity index is 0.00000361. The van der Waals surface area contributed by atoms with Gasteiger partial charge in [0.05, 0.1) is 17.8 Å². The van der Waals surface area contributed by atoms with E-state index in [-0.39, 0.29) is 76.3 Å². The molecule has 0 radical (unpaired) electrons. The smallest absolute Gasteiger partial charge is 0.726 e. The van der Waals surface area contributed by atoms with Gasteiger partial charge in [-0.25, -0.2) is 8.42 Å². The van der Waals surface area contributed by atoms with Gasteiger partial charge < -0.3 is 14.8 Å². The Kier molecular flexibility index (Phi) is 9.09. The number of ketones is 1.